The molecule has 0 unspecified atom stereocenters. The monoisotopic (exact) mass is 320 g/mol. The number of hydrogen-bond acceptors (Lipinski definition) is 4. The molecule has 2 rings (SSSR count). The highest BCUT2D eigenvalue weighted by molar-refractivity contribution is 7.89. The number of nitrogens with one attached hydrogen (secondary N) is 1. The number of methoxy groups -OCH3 is 1. The van der Waals surface area contributed by atoms with Crippen LogP contribution >= 0.6 is 0 Å². The third-order valence-electron chi connectivity index (χ3n) is 3.08. The second kappa shape index (κ2) is 6.17. The van der Waals surface area contributed by atoms with Gasteiger partial charge in [0.05, 0.1) is 12.0 Å². The maximum atomic E-state index is 12.2. The van der Waals surface area contributed by atoms with E-state index in [9.17, 15) is 13.2 Å². The summed E-state index contributed by atoms with van der Waals surface area (Å²) in [4.78, 5) is 12.1. The Morgan fingerprint density at radius 3 is 2.50 bits per heavy atom. The van der Waals surface area contributed by atoms with Crippen molar-refractivity contribution < 1.29 is 17.9 Å². The maximum Gasteiger partial charge on any atom is 0.255 e. The quantitative estimate of drug-likeness (QED) is 0.899. The molecule has 0 radical (unpaired) electrons. The first-order valence-corrected chi connectivity index (χ1v) is 7.95. The van der Waals surface area contributed by atoms with Gasteiger partial charge in [0.1, 0.15) is 5.75 Å². The van der Waals surface area contributed by atoms with E-state index in [0.29, 0.717) is 11.4 Å². The third-order valence-corrected chi connectivity index (χ3v) is 3.99. The van der Waals surface area contributed by atoms with Crippen LogP contribution in [-0.4, -0.2) is 21.4 Å². The van der Waals surface area contributed by atoms with Gasteiger partial charge in [-0.1, -0.05) is 6.07 Å². The highest BCUT2D eigenvalue weighted by atomic mass is 32.2. The predicted octanol–water partition coefficient (Wildman–Crippen LogP) is 1.90. The summed E-state index contributed by atoms with van der Waals surface area (Å²) in [6, 6.07) is 10.8. The lowest BCUT2D eigenvalue weighted by atomic mass is 10.1. The van der Waals surface area contributed by atoms with Crippen LogP contribution in [0.3, 0.4) is 0 Å². The number of hydrogen-bond donors (Lipinski definition) is 2. The van der Waals surface area contributed by atoms with Gasteiger partial charge in [0, 0.05) is 11.3 Å². The van der Waals surface area contributed by atoms with Gasteiger partial charge in [-0.05, 0) is 48.9 Å². The number of primary sulfonamides is 1. The normalized spacial score (nSPS) is 11.0. The molecule has 116 valence electrons. The van der Waals surface area contributed by atoms with Gasteiger partial charge < -0.3 is 10.1 Å². The van der Waals surface area contributed by atoms with Gasteiger partial charge in [-0.2, -0.15) is 0 Å². The van der Waals surface area contributed by atoms with Crippen LogP contribution in [-0.2, 0) is 10.0 Å². The number of aryl methyl sites for hydroxylation is 1. The average molecular weight is 320 g/mol. The fraction of sp³-hybridized carbons (Fsp3) is 0.133. The number of carbonyl (C=O) groups is 1. The van der Waals surface area contributed by atoms with Crippen molar-refractivity contribution in [1.82, 2.24) is 0 Å². The number of sulfonamides is 1. The van der Waals surface area contributed by atoms with Gasteiger partial charge in [-0.25, -0.2) is 13.6 Å². The predicted molar refractivity (Wildman–Crippen MR) is 83.5 cm³/mol. The summed E-state index contributed by atoms with van der Waals surface area (Å²) in [6.45, 7) is 1.86. The van der Waals surface area contributed by atoms with E-state index < -0.39 is 15.9 Å². The number of ether oxygens (including phenoxy) is 1. The minimum absolute atomic E-state index is 0.105. The Kier molecular flexibility index (Phi) is 4.48. The van der Waals surface area contributed by atoms with Crippen LogP contribution in [0, 0.1) is 6.92 Å². The largest absolute Gasteiger partial charge is 0.496 e. The van der Waals surface area contributed by atoms with Gasteiger partial charge in [0.15, 0.2) is 0 Å². The van der Waals surface area contributed by atoms with Crippen LogP contribution in [0.25, 0.3) is 0 Å². The molecule has 0 saturated carbocycles. The topological polar surface area (TPSA) is 98.5 Å². The van der Waals surface area contributed by atoms with Crippen LogP contribution in [0.2, 0.25) is 0 Å². The van der Waals surface area contributed by atoms with Crippen LogP contribution in [0.4, 0.5) is 5.69 Å². The molecule has 2 aromatic rings. The zero-order valence-corrected chi connectivity index (χ0v) is 13.0. The molecule has 0 saturated heterocycles. The minimum atomic E-state index is -3.84. The standard InChI is InChI=1S/C15H16N2O4S/c1-10-8-12(6-7-14(10)21-2)17-15(18)11-4-3-5-13(9-11)22(16,19)20/h3-9H,1-2H3,(H,17,18)(H2,16,19,20). The van der Waals surface area contributed by atoms with E-state index in [1.165, 1.54) is 24.3 Å². The molecule has 0 aromatic heterocycles. The fourth-order valence-electron chi connectivity index (χ4n) is 1.97. The number of rotatable bonds is 4. The Morgan fingerprint density at radius 1 is 1.18 bits per heavy atom. The lowest BCUT2D eigenvalue weighted by molar-refractivity contribution is 0.102. The first-order valence-electron chi connectivity index (χ1n) is 6.40. The molecule has 0 aliphatic carbocycles. The Labute approximate surface area is 129 Å². The van der Waals surface area contributed by atoms with E-state index in [2.05, 4.69) is 5.32 Å². The molecule has 3 N–H and O–H groups in total. The van der Waals surface area contributed by atoms with Crippen molar-refractivity contribution in [2.24, 2.45) is 5.14 Å². The summed E-state index contributed by atoms with van der Waals surface area (Å²) in [5.74, 6) is 0.296. The van der Waals surface area contributed by atoms with Crippen molar-refractivity contribution in [1.29, 1.82) is 0 Å². The van der Waals surface area contributed by atoms with E-state index in [0.717, 1.165) is 5.56 Å². The summed E-state index contributed by atoms with van der Waals surface area (Å²) >= 11 is 0. The van der Waals surface area contributed by atoms with Gasteiger partial charge in [0.2, 0.25) is 10.0 Å². The lowest BCUT2D eigenvalue weighted by Gasteiger charge is -2.09. The molecule has 22 heavy (non-hydrogen) atoms. The maximum absolute atomic E-state index is 12.2. The number of carbonyl (C=O) groups excluding carboxylic acids is 1. The van der Waals surface area contributed by atoms with Crippen molar-refractivity contribution in [3.63, 3.8) is 0 Å². The zero-order valence-electron chi connectivity index (χ0n) is 12.2. The average Bonchev–Trinajstić information content (AvgIpc) is 2.46. The first-order chi connectivity index (χ1) is 10.3. The van der Waals surface area contributed by atoms with Crippen LogP contribution in [0.15, 0.2) is 47.4 Å². The van der Waals surface area contributed by atoms with Gasteiger partial charge in [-0.3, -0.25) is 4.79 Å². The summed E-state index contributed by atoms with van der Waals surface area (Å²) in [6.07, 6.45) is 0. The molecule has 1 amide bonds. The van der Waals surface area contributed by atoms with Crippen LogP contribution in [0.5, 0.6) is 5.75 Å². The summed E-state index contributed by atoms with van der Waals surface area (Å²) in [5.41, 5.74) is 1.67. The van der Waals surface area contributed by atoms with Crippen molar-refractivity contribution in [2.75, 3.05) is 12.4 Å². The molecule has 0 spiro atoms. The smallest absolute Gasteiger partial charge is 0.255 e. The van der Waals surface area contributed by atoms with Gasteiger partial charge >= 0.3 is 0 Å². The van der Waals surface area contributed by atoms with E-state index in [1.807, 2.05) is 6.92 Å². The highest BCUT2D eigenvalue weighted by Crippen LogP contribution is 2.22. The van der Waals surface area contributed by atoms with E-state index >= 15 is 0 Å². The van der Waals surface area contributed by atoms with Gasteiger partial charge in [-0.15, -0.1) is 0 Å². The number of nitrogens with two attached hydrogens (primary N) is 1. The van der Waals surface area contributed by atoms with Crippen LogP contribution < -0.4 is 15.2 Å². The van der Waals surface area contributed by atoms with Crippen molar-refractivity contribution in [3.8, 4) is 5.75 Å². The Balaban J connectivity index is 2.24. The first kappa shape index (κ1) is 16.0. The number of amides is 1. The minimum Gasteiger partial charge on any atom is -0.496 e. The third kappa shape index (κ3) is 3.63. The SMILES string of the molecule is COc1ccc(NC(=O)c2cccc(S(N)(=O)=O)c2)cc1C. The molecule has 0 atom stereocenters. The van der Waals surface area contributed by atoms with Gasteiger partial charge in [0.25, 0.3) is 5.91 Å². The second-order valence-electron chi connectivity index (χ2n) is 4.71. The lowest BCUT2D eigenvalue weighted by Crippen LogP contribution is -2.15. The van der Waals surface area contributed by atoms with E-state index in [4.69, 9.17) is 9.88 Å². The molecule has 2 aromatic carbocycles. The molecule has 0 aliphatic rings. The van der Waals surface area contributed by atoms with Crippen LogP contribution in [0.1, 0.15) is 15.9 Å². The summed E-state index contributed by atoms with van der Waals surface area (Å²) < 4.78 is 27.8. The molecular weight excluding hydrogens is 304 g/mol. The highest BCUT2D eigenvalue weighted by Gasteiger charge is 2.12. The Hall–Kier alpha value is -2.38. The summed E-state index contributed by atoms with van der Waals surface area (Å²) in [5, 5.41) is 7.76. The zero-order chi connectivity index (χ0) is 16.3. The van der Waals surface area contributed by atoms with Crippen molar-refractivity contribution in [3.05, 3.63) is 53.6 Å². The molecule has 0 heterocycles. The van der Waals surface area contributed by atoms with E-state index in [1.54, 1.807) is 25.3 Å². The molecule has 6 nitrogen and oxygen atoms in total. The molecule has 7 heteroatoms. The molecule has 0 bridgehead atoms. The molecular formula is C15H16N2O4S. The second-order valence-corrected chi connectivity index (χ2v) is 6.27. The number of benzene rings is 2. The molecule has 0 fully saturated rings. The number of anilines is 1. The Bertz CT molecular complexity index is 816. The Morgan fingerprint density at radius 2 is 1.91 bits per heavy atom. The summed E-state index contributed by atoms with van der Waals surface area (Å²) in [7, 11) is -2.28. The fourth-order valence-corrected chi connectivity index (χ4v) is 2.53. The van der Waals surface area contributed by atoms with Crippen molar-refractivity contribution >= 4 is 21.6 Å². The van der Waals surface area contributed by atoms with E-state index in [-0.39, 0.29) is 10.5 Å². The molecule has 0 aliphatic heterocycles. The van der Waals surface area contributed by atoms with Crippen molar-refractivity contribution in [2.45, 2.75) is 11.8 Å².